The number of ketones is 1. The van der Waals surface area contributed by atoms with Gasteiger partial charge >= 0.3 is 5.97 Å². The first-order chi connectivity index (χ1) is 27.8. The van der Waals surface area contributed by atoms with E-state index in [4.69, 9.17) is 16.2 Å². The summed E-state index contributed by atoms with van der Waals surface area (Å²) in [6, 6.07) is 7.92. The van der Waals surface area contributed by atoms with Crippen molar-refractivity contribution >= 4 is 62.9 Å². The Labute approximate surface area is 340 Å². The van der Waals surface area contributed by atoms with Crippen LogP contribution in [0.25, 0.3) is 10.2 Å². The van der Waals surface area contributed by atoms with Crippen LogP contribution in [0.3, 0.4) is 0 Å². The van der Waals surface area contributed by atoms with Crippen LogP contribution in [-0.2, 0) is 35.1 Å². The van der Waals surface area contributed by atoms with Crippen molar-refractivity contribution in [1.82, 2.24) is 25.8 Å². The van der Waals surface area contributed by atoms with Crippen molar-refractivity contribution in [3.05, 3.63) is 77.6 Å². The summed E-state index contributed by atoms with van der Waals surface area (Å²) in [5.41, 5.74) is 12.1. The number of rotatable bonds is 19. The first-order valence-corrected chi connectivity index (χ1v) is 20.3. The minimum absolute atomic E-state index is 0.0523. The second-order valence-corrected chi connectivity index (χ2v) is 15.6. The third-order valence-electron chi connectivity index (χ3n) is 10.5. The van der Waals surface area contributed by atoms with Crippen LogP contribution in [0.1, 0.15) is 80.1 Å². The standard InChI is InChI=1S/C41H51FN8O7S/c1-3-21-57-35(52)19-18-30(47-39(56)33-23-26-9-4-6-12-32(26)50(33)24(2)51)37(54)48-31(22-25-14-16-27(42)17-15-25)38(55)46-29(11-8-20-45-41(43)44)36(53)40-49-28-10-5-7-13-34(28)58-40/h3,5,7,10,13-17,26,29-33H,1,4,6,8-9,11-12,18-23H2,2H3,(H,46,55)(H,47,56)(H,48,54)(H4,43,44,45)/t26?,29-,30-,31-,32?,33-/m0/s1. The molecule has 1 saturated heterocycles. The van der Waals surface area contributed by atoms with Gasteiger partial charge in [-0.05, 0) is 74.3 Å². The zero-order valence-corrected chi connectivity index (χ0v) is 33.3. The smallest absolute Gasteiger partial charge is 0.306 e. The SMILES string of the molecule is C=CCOC(=O)CC[C@H](NC(=O)[C@@H]1CC2CCCCC2N1C(C)=O)C(=O)N[C@@H](Cc1ccc(F)cc1)C(=O)N[C@@H](CCCN=C(N)N)C(=O)c1nc2ccccc2s1. The summed E-state index contributed by atoms with van der Waals surface area (Å²) in [5, 5.41) is 8.46. The van der Waals surface area contributed by atoms with E-state index in [0.717, 1.165) is 30.4 Å². The highest BCUT2D eigenvalue weighted by molar-refractivity contribution is 7.20. The minimum Gasteiger partial charge on any atom is -0.461 e. The molecule has 17 heteroatoms. The van der Waals surface area contributed by atoms with Crippen LogP contribution in [0.2, 0.25) is 0 Å². The molecule has 0 radical (unpaired) electrons. The molecular weight excluding hydrogens is 768 g/mol. The number of para-hydroxylation sites is 1. The molecule has 58 heavy (non-hydrogen) atoms. The number of amides is 4. The Bertz CT molecular complexity index is 1970. The lowest BCUT2D eigenvalue weighted by molar-refractivity contribution is -0.143. The number of ether oxygens (including phenoxy) is 1. The second kappa shape index (κ2) is 20.6. The third kappa shape index (κ3) is 11.7. The normalized spacial score (nSPS) is 18.9. The first kappa shape index (κ1) is 43.4. The zero-order chi connectivity index (χ0) is 41.8. The van der Waals surface area contributed by atoms with Gasteiger partial charge in [-0.3, -0.25) is 33.8 Å². The van der Waals surface area contributed by atoms with Crippen molar-refractivity contribution in [2.24, 2.45) is 22.4 Å². The number of likely N-dealkylation sites (tertiary alicyclic amines) is 1. The van der Waals surface area contributed by atoms with Gasteiger partial charge in [-0.25, -0.2) is 9.37 Å². The molecule has 0 spiro atoms. The summed E-state index contributed by atoms with van der Waals surface area (Å²) < 4.78 is 19.8. The van der Waals surface area contributed by atoms with E-state index in [-0.39, 0.29) is 67.7 Å². The average Bonchev–Trinajstić information content (AvgIpc) is 3.82. The predicted molar refractivity (Wildman–Crippen MR) is 217 cm³/mol. The molecule has 0 bridgehead atoms. The van der Waals surface area contributed by atoms with E-state index >= 15 is 0 Å². The Morgan fingerprint density at radius 2 is 1.69 bits per heavy atom. The number of benzene rings is 2. The predicted octanol–water partition coefficient (Wildman–Crippen LogP) is 3.06. The van der Waals surface area contributed by atoms with Crippen molar-refractivity contribution in [1.29, 1.82) is 0 Å². The van der Waals surface area contributed by atoms with Crippen LogP contribution in [0.4, 0.5) is 4.39 Å². The molecule has 1 aromatic heterocycles. The average molecular weight is 819 g/mol. The molecule has 1 aliphatic carbocycles. The molecule has 2 aliphatic rings. The largest absolute Gasteiger partial charge is 0.461 e. The fourth-order valence-corrected chi connectivity index (χ4v) is 8.64. The lowest BCUT2D eigenvalue weighted by atomic mass is 9.84. The van der Waals surface area contributed by atoms with E-state index < -0.39 is 59.5 Å². The molecule has 6 atom stereocenters. The minimum atomic E-state index is -1.34. The Morgan fingerprint density at radius 3 is 2.40 bits per heavy atom. The van der Waals surface area contributed by atoms with E-state index in [9.17, 15) is 33.2 Å². The fourth-order valence-electron chi connectivity index (χ4n) is 7.68. The Hall–Kier alpha value is -5.71. The maximum atomic E-state index is 14.3. The monoisotopic (exact) mass is 818 g/mol. The summed E-state index contributed by atoms with van der Waals surface area (Å²) in [7, 11) is 0. The lowest BCUT2D eigenvalue weighted by Crippen LogP contribution is -2.58. The number of carbonyl (C=O) groups is 6. The number of carbonyl (C=O) groups excluding carboxylic acids is 6. The van der Waals surface area contributed by atoms with E-state index in [1.54, 1.807) is 17.0 Å². The van der Waals surface area contributed by atoms with Crippen LogP contribution in [0.15, 0.2) is 66.2 Å². The van der Waals surface area contributed by atoms with Gasteiger partial charge in [0.15, 0.2) is 11.0 Å². The number of nitrogens with one attached hydrogen (secondary N) is 3. The van der Waals surface area contributed by atoms with Crippen molar-refractivity contribution in [2.75, 3.05) is 13.2 Å². The van der Waals surface area contributed by atoms with Gasteiger partial charge in [-0.1, -0.05) is 49.8 Å². The van der Waals surface area contributed by atoms with Gasteiger partial charge in [0.1, 0.15) is 30.5 Å². The van der Waals surface area contributed by atoms with Crippen molar-refractivity contribution < 1.29 is 37.9 Å². The number of aromatic nitrogens is 1. The van der Waals surface area contributed by atoms with Crippen LogP contribution < -0.4 is 27.4 Å². The zero-order valence-electron chi connectivity index (χ0n) is 32.5. The number of hydrogen-bond donors (Lipinski definition) is 5. The van der Waals surface area contributed by atoms with Crippen LogP contribution in [0.5, 0.6) is 0 Å². The Kier molecular flexibility index (Phi) is 15.4. The number of fused-ring (bicyclic) bond motifs is 2. The van der Waals surface area contributed by atoms with Gasteiger partial charge in [-0.2, -0.15) is 0 Å². The molecule has 5 rings (SSSR count). The maximum Gasteiger partial charge on any atom is 0.306 e. The summed E-state index contributed by atoms with van der Waals surface area (Å²) in [5.74, 6) is -3.90. The van der Waals surface area contributed by atoms with E-state index in [2.05, 4.69) is 32.5 Å². The summed E-state index contributed by atoms with van der Waals surface area (Å²) in [6.07, 6.45) is 5.29. The van der Waals surface area contributed by atoms with E-state index in [1.807, 2.05) is 12.1 Å². The van der Waals surface area contributed by atoms with Gasteiger partial charge in [0.05, 0.1) is 16.3 Å². The Morgan fingerprint density at radius 1 is 0.983 bits per heavy atom. The number of guanidine groups is 1. The Balaban J connectivity index is 1.40. The highest BCUT2D eigenvalue weighted by Gasteiger charge is 2.47. The molecule has 2 heterocycles. The number of nitrogens with zero attached hydrogens (tertiary/aromatic N) is 3. The lowest BCUT2D eigenvalue weighted by Gasteiger charge is -2.33. The fraction of sp³-hybridized carbons (Fsp3) is 0.463. The number of Topliss-reactive ketones (excluding diaryl/α,β-unsaturated/α-hetero) is 1. The van der Waals surface area contributed by atoms with Crippen molar-refractivity contribution in [2.45, 2.75) is 101 Å². The molecule has 1 saturated carbocycles. The van der Waals surface area contributed by atoms with Gasteiger partial charge in [0, 0.05) is 32.4 Å². The number of thiazole rings is 1. The highest BCUT2D eigenvalue weighted by atomic mass is 32.1. The van der Waals surface area contributed by atoms with Gasteiger partial charge < -0.3 is 37.1 Å². The number of hydrogen-bond acceptors (Lipinski definition) is 10. The van der Waals surface area contributed by atoms with Crippen LogP contribution in [0, 0.1) is 11.7 Å². The first-order valence-electron chi connectivity index (χ1n) is 19.5. The van der Waals surface area contributed by atoms with Crippen molar-refractivity contribution in [3.63, 3.8) is 0 Å². The number of nitrogens with two attached hydrogens (primary N) is 2. The summed E-state index contributed by atoms with van der Waals surface area (Å²) in [4.78, 5) is 91.9. The third-order valence-corrected chi connectivity index (χ3v) is 11.5. The number of esters is 1. The molecule has 4 amide bonds. The van der Waals surface area contributed by atoms with Crippen LogP contribution in [-0.4, -0.2) is 94.6 Å². The summed E-state index contributed by atoms with van der Waals surface area (Å²) >= 11 is 1.18. The topological polar surface area (TPSA) is 228 Å². The molecule has 2 aromatic carbocycles. The highest BCUT2D eigenvalue weighted by Crippen LogP contribution is 2.40. The molecule has 2 fully saturated rings. The molecule has 1 aliphatic heterocycles. The molecule has 15 nitrogen and oxygen atoms in total. The molecule has 310 valence electrons. The molecular formula is C41H51FN8O7S. The van der Waals surface area contributed by atoms with Gasteiger partial charge in [-0.15, -0.1) is 11.3 Å². The quantitative estimate of drug-likeness (QED) is 0.0297. The summed E-state index contributed by atoms with van der Waals surface area (Å²) in [6.45, 7) is 5.08. The molecule has 7 N–H and O–H groups in total. The van der Waals surface area contributed by atoms with Gasteiger partial charge in [0.25, 0.3) is 0 Å². The van der Waals surface area contributed by atoms with Gasteiger partial charge in [0.2, 0.25) is 29.4 Å². The maximum absolute atomic E-state index is 14.3. The van der Waals surface area contributed by atoms with Crippen molar-refractivity contribution in [3.8, 4) is 0 Å². The molecule has 2 unspecified atom stereocenters. The second-order valence-electron chi connectivity index (χ2n) is 14.6. The number of aliphatic imine (C=N–C) groups is 1. The van der Waals surface area contributed by atoms with Crippen LogP contribution >= 0.6 is 11.3 Å². The number of halogens is 1. The van der Waals surface area contributed by atoms with E-state index in [1.165, 1.54) is 48.6 Å². The molecule has 3 aromatic rings. The van der Waals surface area contributed by atoms with E-state index in [0.29, 0.717) is 23.9 Å².